The van der Waals surface area contributed by atoms with Gasteiger partial charge < -0.3 is 4.98 Å². The number of hydrogen-bond donors (Lipinski definition) is 1. The zero-order chi connectivity index (χ0) is 14.1. The first-order valence-corrected chi connectivity index (χ1v) is 8.14. The van der Waals surface area contributed by atoms with Crippen LogP contribution in [-0.4, -0.2) is 15.2 Å². The Bertz CT molecular complexity index is 790. The van der Waals surface area contributed by atoms with Gasteiger partial charge in [0.15, 0.2) is 5.16 Å². The monoisotopic (exact) mass is 302 g/mol. The minimum absolute atomic E-state index is 0.0572. The summed E-state index contributed by atoms with van der Waals surface area (Å²) in [6.07, 6.45) is 0. The molecule has 0 saturated carbocycles. The van der Waals surface area contributed by atoms with Crippen molar-refractivity contribution in [2.45, 2.75) is 24.3 Å². The van der Waals surface area contributed by atoms with Crippen molar-refractivity contribution in [3.05, 3.63) is 46.1 Å². The van der Waals surface area contributed by atoms with Gasteiger partial charge >= 0.3 is 0 Å². The Labute approximate surface area is 125 Å². The highest BCUT2D eigenvalue weighted by Gasteiger charge is 2.13. The van der Waals surface area contributed by atoms with E-state index in [9.17, 15) is 4.79 Å². The summed E-state index contributed by atoms with van der Waals surface area (Å²) in [5.41, 5.74) is 1.95. The van der Waals surface area contributed by atoms with Crippen LogP contribution in [0.2, 0.25) is 0 Å². The summed E-state index contributed by atoms with van der Waals surface area (Å²) in [4.78, 5) is 20.6. The molecule has 3 rings (SSSR count). The van der Waals surface area contributed by atoms with Crippen molar-refractivity contribution in [2.24, 2.45) is 0 Å². The lowest BCUT2D eigenvalue weighted by Gasteiger charge is -2.04. The highest BCUT2D eigenvalue weighted by atomic mass is 32.2. The lowest BCUT2D eigenvalue weighted by molar-refractivity contribution is 0.966. The summed E-state index contributed by atoms with van der Waals surface area (Å²) < 4.78 is 0. The average molecular weight is 302 g/mol. The fourth-order valence-corrected chi connectivity index (χ4v) is 3.79. The quantitative estimate of drug-likeness (QED) is 0.584. The summed E-state index contributed by atoms with van der Waals surface area (Å²) in [5.74, 6) is 0. The molecule has 0 aliphatic heterocycles. The summed E-state index contributed by atoms with van der Waals surface area (Å²) in [6.45, 7) is 4.16. The average Bonchev–Trinajstić information content (AvgIpc) is 2.83. The van der Waals surface area contributed by atoms with Gasteiger partial charge in [0.2, 0.25) is 0 Å². The van der Waals surface area contributed by atoms with Gasteiger partial charge in [-0.1, -0.05) is 55.9 Å². The van der Waals surface area contributed by atoms with Crippen LogP contribution in [0.3, 0.4) is 0 Å². The predicted molar refractivity (Wildman–Crippen MR) is 86.7 cm³/mol. The number of rotatable bonds is 3. The third-order valence-electron chi connectivity index (χ3n) is 2.85. The Kier molecular flexibility index (Phi) is 3.63. The van der Waals surface area contributed by atoms with E-state index in [-0.39, 0.29) is 5.56 Å². The van der Waals surface area contributed by atoms with E-state index in [0.717, 1.165) is 16.0 Å². The van der Waals surface area contributed by atoms with Gasteiger partial charge in [-0.15, -0.1) is 11.3 Å². The van der Waals surface area contributed by atoms with E-state index in [1.54, 1.807) is 11.8 Å². The minimum atomic E-state index is -0.0572. The first kappa shape index (κ1) is 13.4. The summed E-state index contributed by atoms with van der Waals surface area (Å²) >= 11 is 3.09. The number of aromatic nitrogens is 2. The Morgan fingerprint density at radius 1 is 1.25 bits per heavy atom. The molecular weight excluding hydrogens is 288 g/mol. The van der Waals surface area contributed by atoms with Crippen molar-refractivity contribution >= 4 is 33.3 Å². The Morgan fingerprint density at radius 2 is 2.00 bits per heavy atom. The molecule has 3 nitrogen and oxygen atoms in total. The number of thiophene rings is 1. The van der Waals surface area contributed by atoms with Crippen molar-refractivity contribution in [3.63, 3.8) is 0 Å². The van der Waals surface area contributed by atoms with E-state index in [1.807, 2.05) is 35.7 Å². The molecule has 1 aromatic carbocycles. The molecule has 2 aromatic heterocycles. The summed E-state index contributed by atoms with van der Waals surface area (Å²) in [5, 5.41) is 3.78. The topological polar surface area (TPSA) is 45.8 Å². The molecule has 102 valence electrons. The molecule has 0 aliphatic carbocycles. The number of H-pyrrole nitrogens is 1. The van der Waals surface area contributed by atoms with Crippen molar-refractivity contribution in [2.75, 3.05) is 0 Å². The molecule has 0 spiro atoms. The molecule has 0 fully saturated rings. The van der Waals surface area contributed by atoms with Crippen LogP contribution in [0.1, 0.15) is 13.8 Å². The van der Waals surface area contributed by atoms with Crippen molar-refractivity contribution in [1.29, 1.82) is 0 Å². The highest BCUT2D eigenvalue weighted by Crippen LogP contribution is 2.31. The zero-order valence-corrected chi connectivity index (χ0v) is 12.8. The second-order valence-corrected chi connectivity index (χ2v) is 7.16. The van der Waals surface area contributed by atoms with Gasteiger partial charge in [-0.2, -0.15) is 0 Å². The SMILES string of the molecule is CC(C)Sc1nc2scc(-c3ccccc3)c2c(=O)[nH]1. The molecule has 1 N–H and O–H groups in total. The molecule has 0 saturated heterocycles. The van der Waals surface area contributed by atoms with Gasteiger partial charge in [0.25, 0.3) is 5.56 Å². The molecular formula is C15H14N2OS2. The lowest BCUT2D eigenvalue weighted by Crippen LogP contribution is -2.09. The number of nitrogens with one attached hydrogen (secondary N) is 1. The lowest BCUT2D eigenvalue weighted by atomic mass is 10.1. The molecule has 20 heavy (non-hydrogen) atoms. The predicted octanol–water partition coefficient (Wildman–Crippen LogP) is 4.15. The molecule has 0 bridgehead atoms. The minimum Gasteiger partial charge on any atom is -0.301 e. The molecule has 3 aromatic rings. The number of nitrogens with zero attached hydrogens (tertiary/aromatic N) is 1. The van der Waals surface area contributed by atoms with Gasteiger partial charge in [-0.05, 0) is 5.56 Å². The van der Waals surface area contributed by atoms with E-state index in [2.05, 4.69) is 23.8 Å². The van der Waals surface area contributed by atoms with Crippen LogP contribution in [0.15, 0.2) is 45.7 Å². The maximum absolute atomic E-state index is 12.3. The van der Waals surface area contributed by atoms with Gasteiger partial charge in [0, 0.05) is 16.2 Å². The van der Waals surface area contributed by atoms with E-state index in [1.165, 1.54) is 11.3 Å². The Hall–Kier alpha value is -1.59. The summed E-state index contributed by atoms with van der Waals surface area (Å²) in [7, 11) is 0. The van der Waals surface area contributed by atoms with Crippen molar-refractivity contribution in [3.8, 4) is 11.1 Å². The first-order chi connectivity index (χ1) is 9.65. The van der Waals surface area contributed by atoms with E-state index in [0.29, 0.717) is 15.8 Å². The van der Waals surface area contributed by atoms with E-state index >= 15 is 0 Å². The maximum Gasteiger partial charge on any atom is 0.260 e. The van der Waals surface area contributed by atoms with Crippen LogP contribution in [-0.2, 0) is 0 Å². The Morgan fingerprint density at radius 3 is 2.70 bits per heavy atom. The number of aromatic amines is 1. The van der Waals surface area contributed by atoms with Crippen LogP contribution in [0.25, 0.3) is 21.3 Å². The first-order valence-electron chi connectivity index (χ1n) is 6.39. The standard InChI is InChI=1S/C15H14N2OS2/c1-9(2)20-15-16-13(18)12-11(8-19-14(12)17-15)10-6-4-3-5-7-10/h3-9H,1-2H3,(H,16,17,18). The fraction of sp³-hybridized carbons (Fsp3) is 0.200. The van der Waals surface area contributed by atoms with Crippen LogP contribution in [0.5, 0.6) is 0 Å². The van der Waals surface area contributed by atoms with Gasteiger partial charge in [0.05, 0.1) is 5.39 Å². The van der Waals surface area contributed by atoms with Crippen LogP contribution in [0.4, 0.5) is 0 Å². The highest BCUT2D eigenvalue weighted by molar-refractivity contribution is 7.99. The van der Waals surface area contributed by atoms with Crippen LogP contribution >= 0.6 is 23.1 Å². The van der Waals surface area contributed by atoms with Crippen molar-refractivity contribution < 1.29 is 0 Å². The molecule has 2 heterocycles. The molecule has 0 amide bonds. The number of benzene rings is 1. The number of fused-ring (bicyclic) bond motifs is 1. The fourth-order valence-electron chi connectivity index (χ4n) is 2.04. The number of thioether (sulfide) groups is 1. The molecule has 0 radical (unpaired) electrons. The smallest absolute Gasteiger partial charge is 0.260 e. The van der Waals surface area contributed by atoms with E-state index in [4.69, 9.17) is 0 Å². The maximum atomic E-state index is 12.3. The zero-order valence-electron chi connectivity index (χ0n) is 11.2. The van der Waals surface area contributed by atoms with Crippen LogP contribution < -0.4 is 5.56 Å². The summed E-state index contributed by atoms with van der Waals surface area (Å²) in [6, 6.07) is 9.94. The third-order valence-corrected chi connectivity index (χ3v) is 4.61. The Balaban J connectivity index is 2.17. The normalized spacial score (nSPS) is 11.3. The van der Waals surface area contributed by atoms with Gasteiger partial charge in [-0.3, -0.25) is 4.79 Å². The second kappa shape index (κ2) is 5.42. The molecule has 5 heteroatoms. The van der Waals surface area contributed by atoms with Crippen molar-refractivity contribution in [1.82, 2.24) is 9.97 Å². The molecule has 0 aliphatic rings. The second-order valence-electron chi connectivity index (χ2n) is 4.73. The van der Waals surface area contributed by atoms with Crippen LogP contribution in [0, 0.1) is 0 Å². The van der Waals surface area contributed by atoms with Gasteiger partial charge in [0.1, 0.15) is 4.83 Å². The third kappa shape index (κ3) is 2.51. The molecule has 0 atom stereocenters. The molecule has 0 unspecified atom stereocenters. The van der Waals surface area contributed by atoms with Gasteiger partial charge in [-0.25, -0.2) is 4.98 Å². The number of hydrogen-bond acceptors (Lipinski definition) is 4. The largest absolute Gasteiger partial charge is 0.301 e. The van der Waals surface area contributed by atoms with E-state index < -0.39 is 0 Å².